The number of pyridine rings is 1. The first-order valence-corrected chi connectivity index (χ1v) is 6.17. The average Bonchev–Trinajstić information content (AvgIpc) is 2.24. The quantitative estimate of drug-likeness (QED) is 0.841. The summed E-state index contributed by atoms with van der Waals surface area (Å²) >= 11 is 0. The van der Waals surface area contributed by atoms with Gasteiger partial charge in [-0.3, -0.25) is 4.98 Å². The van der Waals surface area contributed by atoms with E-state index in [9.17, 15) is 0 Å². The topological polar surface area (TPSA) is 24.9 Å². The van der Waals surface area contributed by atoms with Crippen LogP contribution in [0.2, 0.25) is 0 Å². The Morgan fingerprint density at radius 2 is 2.00 bits per heavy atom. The van der Waals surface area contributed by atoms with Gasteiger partial charge in [0.15, 0.2) is 0 Å². The number of aromatic nitrogens is 1. The Bertz CT molecular complexity index is 326. The van der Waals surface area contributed by atoms with Crippen LogP contribution in [0.1, 0.15) is 51.9 Å². The lowest BCUT2D eigenvalue weighted by atomic mass is 9.83. The van der Waals surface area contributed by atoms with E-state index in [2.05, 4.69) is 51.0 Å². The molecule has 1 aromatic rings. The molecule has 0 aliphatic heterocycles. The number of hydrogen-bond acceptors (Lipinski definition) is 2. The fourth-order valence-corrected chi connectivity index (χ4v) is 2.03. The number of hydrogen-bond donors (Lipinski definition) is 1. The Labute approximate surface area is 99.5 Å². The lowest BCUT2D eigenvalue weighted by Gasteiger charge is -2.32. The van der Waals surface area contributed by atoms with Crippen LogP contribution >= 0.6 is 0 Å². The molecule has 0 spiro atoms. The van der Waals surface area contributed by atoms with Crippen LogP contribution in [0.15, 0.2) is 18.3 Å². The second kappa shape index (κ2) is 5.44. The highest BCUT2D eigenvalue weighted by molar-refractivity contribution is 5.24. The van der Waals surface area contributed by atoms with Crippen molar-refractivity contribution in [1.82, 2.24) is 10.3 Å². The molecule has 90 valence electrons. The molecule has 0 aliphatic carbocycles. The lowest BCUT2D eigenvalue weighted by molar-refractivity contribution is 0.270. The van der Waals surface area contributed by atoms with Crippen molar-refractivity contribution in [1.29, 1.82) is 0 Å². The molecule has 1 atom stereocenters. The number of nitrogens with one attached hydrogen (secondary N) is 1. The third-order valence-electron chi connectivity index (χ3n) is 2.85. The second-order valence-corrected chi connectivity index (χ2v) is 5.26. The predicted octanol–water partition coefficient (Wildman–Crippen LogP) is 3.34. The van der Waals surface area contributed by atoms with Gasteiger partial charge < -0.3 is 5.32 Å². The Morgan fingerprint density at radius 1 is 1.31 bits per heavy atom. The molecule has 16 heavy (non-hydrogen) atoms. The van der Waals surface area contributed by atoms with Gasteiger partial charge in [0.1, 0.15) is 0 Å². The first-order valence-electron chi connectivity index (χ1n) is 6.17. The molecule has 1 heterocycles. The Kier molecular flexibility index (Phi) is 4.48. The first-order chi connectivity index (χ1) is 7.50. The summed E-state index contributed by atoms with van der Waals surface area (Å²) in [5.74, 6) is 0. The normalized spacial score (nSPS) is 13.8. The molecule has 2 nitrogen and oxygen atoms in total. The van der Waals surface area contributed by atoms with Gasteiger partial charge in [-0.1, -0.05) is 40.7 Å². The fraction of sp³-hybridized carbons (Fsp3) is 0.643. The summed E-state index contributed by atoms with van der Waals surface area (Å²) in [5.41, 5.74) is 2.75. The van der Waals surface area contributed by atoms with Gasteiger partial charge in [-0.15, -0.1) is 0 Å². The van der Waals surface area contributed by atoms with Crippen LogP contribution in [0.4, 0.5) is 0 Å². The second-order valence-electron chi connectivity index (χ2n) is 5.26. The van der Waals surface area contributed by atoms with Crippen LogP contribution < -0.4 is 5.32 Å². The maximum atomic E-state index is 4.57. The van der Waals surface area contributed by atoms with Crippen molar-refractivity contribution in [3.63, 3.8) is 0 Å². The average molecular weight is 220 g/mol. The zero-order chi connectivity index (χ0) is 12.2. The summed E-state index contributed by atoms with van der Waals surface area (Å²) in [7, 11) is 0. The van der Waals surface area contributed by atoms with Gasteiger partial charge in [0.2, 0.25) is 0 Å². The third-order valence-corrected chi connectivity index (χ3v) is 2.85. The molecule has 2 heteroatoms. The lowest BCUT2D eigenvalue weighted by Crippen LogP contribution is -2.33. The van der Waals surface area contributed by atoms with E-state index >= 15 is 0 Å². The molecule has 0 amide bonds. The largest absolute Gasteiger partial charge is 0.308 e. The third kappa shape index (κ3) is 3.05. The maximum absolute atomic E-state index is 4.57. The number of aryl methyl sites for hydroxylation is 1. The van der Waals surface area contributed by atoms with Crippen molar-refractivity contribution >= 4 is 0 Å². The van der Waals surface area contributed by atoms with E-state index < -0.39 is 0 Å². The minimum atomic E-state index is 0.189. The minimum absolute atomic E-state index is 0.189. The Balaban J connectivity index is 3.10. The van der Waals surface area contributed by atoms with E-state index in [-0.39, 0.29) is 5.41 Å². The van der Waals surface area contributed by atoms with Gasteiger partial charge in [0.05, 0.1) is 11.7 Å². The molecular formula is C14H24N2. The minimum Gasteiger partial charge on any atom is -0.308 e. The molecule has 1 N–H and O–H groups in total. The fourth-order valence-electron chi connectivity index (χ4n) is 2.03. The van der Waals surface area contributed by atoms with E-state index in [1.807, 2.05) is 12.3 Å². The van der Waals surface area contributed by atoms with Gasteiger partial charge in [0, 0.05) is 6.20 Å². The molecule has 0 bridgehead atoms. The van der Waals surface area contributed by atoms with Gasteiger partial charge in [-0.25, -0.2) is 0 Å². The van der Waals surface area contributed by atoms with Gasteiger partial charge >= 0.3 is 0 Å². The summed E-state index contributed by atoms with van der Waals surface area (Å²) in [5, 5.41) is 3.55. The zero-order valence-electron chi connectivity index (χ0n) is 11.2. The molecule has 0 saturated carbocycles. The first kappa shape index (κ1) is 13.2. The predicted molar refractivity (Wildman–Crippen MR) is 69.5 cm³/mol. The van der Waals surface area contributed by atoms with Gasteiger partial charge in [-0.05, 0) is 30.0 Å². The molecule has 0 aliphatic rings. The summed E-state index contributed by atoms with van der Waals surface area (Å²) in [6.07, 6.45) is 2.94. The van der Waals surface area contributed by atoms with Crippen LogP contribution in [0.25, 0.3) is 0 Å². The summed E-state index contributed by atoms with van der Waals surface area (Å²) < 4.78 is 0. The van der Waals surface area contributed by atoms with Crippen molar-refractivity contribution in [3.8, 4) is 0 Å². The smallest absolute Gasteiger partial charge is 0.0610 e. The molecule has 0 saturated heterocycles. The molecule has 1 aromatic heterocycles. The monoisotopic (exact) mass is 220 g/mol. The van der Waals surface area contributed by atoms with E-state index in [0.29, 0.717) is 6.04 Å². The van der Waals surface area contributed by atoms with Crippen molar-refractivity contribution in [2.24, 2.45) is 5.41 Å². The van der Waals surface area contributed by atoms with Crippen molar-refractivity contribution < 1.29 is 0 Å². The molecular weight excluding hydrogens is 196 g/mol. The Morgan fingerprint density at radius 3 is 2.50 bits per heavy atom. The summed E-state index contributed by atoms with van der Waals surface area (Å²) in [6.45, 7) is 12.1. The van der Waals surface area contributed by atoms with Crippen molar-refractivity contribution in [2.75, 3.05) is 6.54 Å². The highest BCUT2D eigenvalue weighted by atomic mass is 15.0. The van der Waals surface area contributed by atoms with Crippen LogP contribution in [0.5, 0.6) is 0 Å². The van der Waals surface area contributed by atoms with Crippen molar-refractivity contribution in [3.05, 3.63) is 29.6 Å². The Hall–Kier alpha value is -0.890. The van der Waals surface area contributed by atoms with Crippen molar-refractivity contribution in [2.45, 2.75) is 47.1 Å². The van der Waals surface area contributed by atoms with Crippen LogP contribution in [-0.2, 0) is 6.42 Å². The standard InChI is InChI=1S/C14H24N2/c1-6-11-9-8-10-16-12(11)13(15-7-2)14(3,4)5/h8-10,13,15H,6-7H2,1-5H3. The molecule has 0 aromatic carbocycles. The summed E-state index contributed by atoms with van der Waals surface area (Å²) in [6, 6.07) is 4.53. The van der Waals surface area contributed by atoms with E-state index in [1.165, 1.54) is 11.3 Å². The SMILES string of the molecule is CCNC(c1ncccc1CC)C(C)(C)C. The zero-order valence-corrected chi connectivity index (χ0v) is 11.2. The van der Waals surface area contributed by atoms with Crippen LogP contribution in [0, 0.1) is 5.41 Å². The maximum Gasteiger partial charge on any atom is 0.0610 e. The van der Waals surface area contributed by atoms with Gasteiger partial charge in [-0.2, -0.15) is 0 Å². The summed E-state index contributed by atoms with van der Waals surface area (Å²) in [4.78, 5) is 4.57. The van der Waals surface area contributed by atoms with Crippen LogP contribution in [-0.4, -0.2) is 11.5 Å². The van der Waals surface area contributed by atoms with E-state index in [4.69, 9.17) is 0 Å². The van der Waals surface area contributed by atoms with E-state index in [0.717, 1.165) is 13.0 Å². The molecule has 0 fully saturated rings. The molecule has 1 rings (SSSR count). The van der Waals surface area contributed by atoms with Gasteiger partial charge in [0.25, 0.3) is 0 Å². The number of nitrogens with zero attached hydrogens (tertiary/aromatic N) is 1. The van der Waals surface area contributed by atoms with E-state index in [1.54, 1.807) is 0 Å². The molecule has 1 unspecified atom stereocenters. The highest BCUT2D eigenvalue weighted by Crippen LogP contribution is 2.33. The van der Waals surface area contributed by atoms with Crippen LogP contribution in [0.3, 0.4) is 0 Å². The number of rotatable bonds is 4. The highest BCUT2D eigenvalue weighted by Gasteiger charge is 2.27. The molecule has 0 radical (unpaired) electrons.